The SMILES string of the molecule is Cc1cc(C)c(NC(=S)N2CCC(N(C)C3CCCC3)CC2)c(C)c1. The van der Waals surface area contributed by atoms with Crippen molar-refractivity contribution >= 4 is 23.0 Å². The van der Waals surface area contributed by atoms with Crippen LogP contribution in [0.3, 0.4) is 0 Å². The fourth-order valence-electron chi connectivity index (χ4n) is 4.65. The molecule has 1 saturated heterocycles. The van der Waals surface area contributed by atoms with Crippen LogP contribution < -0.4 is 5.32 Å². The van der Waals surface area contributed by atoms with E-state index in [9.17, 15) is 0 Å². The Labute approximate surface area is 158 Å². The molecule has 0 aromatic heterocycles. The molecule has 138 valence electrons. The van der Waals surface area contributed by atoms with Crippen molar-refractivity contribution in [2.45, 2.75) is 71.4 Å². The maximum Gasteiger partial charge on any atom is 0.173 e. The zero-order chi connectivity index (χ0) is 18.0. The fraction of sp³-hybridized carbons (Fsp3) is 0.667. The third-order valence-corrected chi connectivity index (χ3v) is 6.50. The van der Waals surface area contributed by atoms with E-state index in [1.165, 1.54) is 60.9 Å². The number of nitrogens with zero attached hydrogens (tertiary/aromatic N) is 2. The number of thiocarbonyl (C=S) groups is 1. The highest BCUT2D eigenvalue weighted by atomic mass is 32.1. The number of nitrogens with one attached hydrogen (secondary N) is 1. The Bertz CT molecular complexity index is 591. The summed E-state index contributed by atoms with van der Waals surface area (Å²) < 4.78 is 0. The summed E-state index contributed by atoms with van der Waals surface area (Å²) in [6, 6.07) is 5.99. The molecule has 25 heavy (non-hydrogen) atoms. The molecule has 1 aliphatic carbocycles. The Morgan fingerprint density at radius 2 is 1.52 bits per heavy atom. The van der Waals surface area contributed by atoms with Crippen LogP contribution in [0.1, 0.15) is 55.2 Å². The maximum atomic E-state index is 5.72. The van der Waals surface area contributed by atoms with Gasteiger partial charge in [0.25, 0.3) is 0 Å². The zero-order valence-corrected chi connectivity index (χ0v) is 17.1. The monoisotopic (exact) mass is 359 g/mol. The van der Waals surface area contributed by atoms with Crippen LogP contribution in [-0.2, 0) is 0 Å². The molecule has 2 fully saturated rings. The highest BCUT2D eigenvalue weighted by Gasteiger charge is 2.29. The first-order chi connectivity index (χ1) is 12.0. The minimum atomic E-state index is 0.727. The minimum Gasteiger partial charge on any atom is -0.349 e. The summed E-state index contributed by atoms with van der Waals surface area (Å²) in [6.45, 7) is 8.60. The molecule has 1 aromatic carbocycles. The smallest absolute Gasteiger partial charge is 0.173 e. The van der Waals surface area contributed by atoms with Crippen molar-refractivity contribution in [2.24, 2.45) is 0 Å². The molecule has 2 aliphatic rings. The lowest BCUT2D eigenvalue weighted by molar-refractivity contribution is 0.122. The van der Waals surface area contributed by atoms with Crippen LogP contribution in [0.2, 0.25) is 0 Å². The van der Waals surface area contributed by atoms with E-state index < -0.39 is 0 Å². The van der Waals surface area contributed by atoms with Crippen LogP contribution in [0.4, 0.5) is 5.69 Å². The Hall–Kier alpha value is -1.13. The molecule has 3 nitrogen and oxygen atoms in total. The van der Waals surface area contributed by atoms with Crippen LogP contribution >= 0.6 is 12.2 Å². The molecule has 3 rings (SSSR count). The van der Waals surface area contributed by atoms with Crippen LogP contribution in [0, 0.1) is 20.8 Å². The largest absolute Gasteiger partial charge is 0.349 e. The number of hydrogen-bond donors (Lipinski definition) is 1. The van der Waals surface area contributed by atoms with Gasteiger partial charge < -0.3 is 15.1 Å². The molecule has 1 aliphatic heterocycles. The van der Waals surface area contributed by atoms with E-state index in [1.807, 2.05) is 0 Å². The molecule has 0 atom stereocenters. The summed E-state index contributed by atoms with van der Waals surface area (Å²) in [5, 5.41) is 4.40. The number of benzene rings is 1. The van der Waals surface area contributed by atoms with Crippen molar-refractivity contribution in [3.8, 4) is 0 Å². The van der Waals surface area contributed by atoms with E-state index in [4.69, 9.17) is 12.2 Å². The van der Waals surface area contributed by atoms with Gasteiger partial charge in [0.1, 0.15) is 0 Å². The van der Waals surface area contributed by atoms with E-state index in [1.54, 1.807) is 0 Å². The van der Waals surface area contributed by atoms with E-state index in [2.05, 4.69) is 55.1 Å². The average molecular weight is 360 g/mol. The number of likely N-dealkylation sites (tertiary alicyclic amines) is 1. The van der Waals surface area contributed by atoms with Gasteiger partial charge in [-0.2, -0.15) is 0 Å². The molecule has 1 N–H and O–H groups in total. The van der Waals surface area contributed by atoms with Gasteiger partial charge in [-0.25, -0.2) is 0 Å². The Morgan fingerprint density at radius 3 is 2.08 bits per heavy atom. The topological polar surface area (TPSA) is 18.5 Å². The average Bonchev–Trinajstić information content (AvgIpc) is 3.12. The van der Waals surface area contributed by atoms with E-state index in [-0.39, 0.29) is 0 Å². The first-order valence-electron chi connectivity index (χ1n) is 9.81. The zero-order valence-electron chi connectivity index (χ0n) is 16.3. The van der Waals surface area contributed by atoms with Crippen LogP contribution in [0.15, 0.2) is 12.1 Å². The third kappa shape index (κ3) is 4.35. The standard InChI is InChI=1S/C21H33N3S/c1-15-13-16(2)20(17(3)14-15)22-21(25)24-11-9-19(10-12-24)23(4)18-7-5-6-8-18/h13-14,18-19H,5-12H2,1-4H3,(H,22,25). The number of rotatable bonds is 3. The fourth-order valence-corrected chi connectivity index (χ4v) is 4.93. The van der Waals surface area contributed by atoms with Crippen LogP contribution in [-0.4, -0.2) is 47.1 Å². The third-order valence-electron chi connectivity index (χ3n) is 6.14. The Balaban J connectivity index is 1.55. The van der Waals surface area contributed by atoms with Crippen molar-refractivity contribution in [2.75, 3.05) is 25.5 Å². The molecule has 4 heteroatoms. The molecule has 0 radical (unpaired) electrons. The first-order valence-corrected chi connectivity index (χ1v) is 10.2. The molecular weight excluding hydrogens is 326 g/mol. The minimum absolute atomic E-state index is 0.727. The van der Waals surface area contributed by atoms with Gasteiger partial charge in [-0.15, -0.1) is 0 Å². The quantitative estimate of drug-likeness (QED) is 0.792. The first kappa shape index (κ1) is 18.7. The Morgan fingerprint density at radius 1 is 1.00 bits per heavy atom. The van der Waals surface area contributed by atoms with Gasteiger partial charge in [-0.3, -0.25) is 0 Å². The second kappa shape index (κ2) is 8.05. The van der Waals surface area contributed by atoms with Crippen molar-refractivity contribution in [1.82, 2.24) is 9.80 Å². The molecule has 0 bridgehead atoms. The second-order valence-corrected chi connectivity index (χ2v) is 8.41. The molecule has 0 unspecified atom stereocenters. The van der Waals surface area contributed by atoms with Gasteiger partial charge in [0, 0.05) is 30.9 Å². The summed E-state index contributed by atoms with van der Waals surface area (Å²) in [5.74, 6) is 0. The summed E-state index contributed by atoms with van der Waals surface area (Å²) in [5.41, 5.74) is 5.04. The Kier molecular flexibility index (Phi) is 6.00. The molecule has 0 amide bonds. The highest BCUT2D eigenvalue weighted by molar-refractivity contribution is 7.80. The number of hydrogen-bond acceptors (Lipinski definition) is 2. The lowest BCUT2D eigenvalue weighted by Gasteiger charge is -2.40. The predicted molar refractivity (Wildman–Crippen MR) is 111 cm³/mol. The van der Waals surface area contributed by atoms with Gasteiger partial charge in [0.2, 0.25) is 0 Å². The summed E-state index contributed by atoms with van der Waals surface area (Å²) >= 11 is 5.72. The van der Waals surface area contributed by atoms with Gasteiger partial charge in [0.05, 0.1) is 0 Å². The molecule has 1 saturated carbocycles. The van der Waals surface area contributed by atoms with Crippen molar-refractivity contribution in [3.05, 3.63) is 28.8 Å². The second-order valence-electron chi connectivity index (χ2n) is 8.03. The normalized spacial score (nSPS) is 19.6. The van der Waals surface area contributed by atoms with E-state index in [0.29, 0.717) is 0 Å². The van der Waals surface area contributed by atoms with Gasteiger partial charge in [-0.05, 0) is 76.8 Å². The van der Waals surface area contributed by atoms with E-state index >= 15 is 0 Å². The van der Waals surface area contributed by atoms with Gasteiger partial charge in [0.15, 0.2) is 5.11 Å². The summed E-state index contributed by atoms with van der Waals surface area (Å²) in [6.07, 6.45) is 8.06. The number of piperidine rings is 1. The van der Waals surface area contributed by atoms with Gasteiger partial charge in [-0.1, -0.05) is 30.5 Å². The lowest BCUT2D eigenvalue weighted by atomic mass is 10.0. The molecular formula is C21H33N3S. The van der Waals surface area contributed by atoms with Crippen molar-refractivity contribution in [1.29, 1.82) is 0 Å². The number of aryl methyl sites for hydroxylation is 3. The summed E-state index contributed by atoms with van der Waals surface area (Å²) in [4.78, 5) is 5.02. The van der Waals surface area contributed by atoms with Crippen LogP contribution in [0.5, 0.6) is 0 Å². The highest BCUT2D eigenvalue weighted by Crippen LogP contribution is 2.28. The van der Waals surface area contributed by atoms with Gasteiger partial charge >= 0.3 is 0 Å². The predicted octanol–water partition coefficient (Wildman–Crippen LogP) is 4.65. The maximum absolute atomic E-state index is 5.72. The summed E-state index contributed by atoms with van der Waals surface area (Å²) in [7, 11) is 2.34. The lowest BCUT2D eigenvalue weighted by Crippen LogP contribution is -2.49. The molecule has 1 heterocycles. The molecule has 1 aromatic rings. The van der Waals surface area contributed by atoms with Crippen molar-refractivity contribution in [3.63, 3.8) is 0 Å². The molecule has 0 spiro atoms. The number of anilines is 1. The van der Waals surface area contributed by atoms with Crippen LogP contribution in [0.25, 0.3) is 0 Å². The van der Waals surface area contributed by atoms with Crippen molar-refractivity contribution < 1.29 is 0 Å². The van der Waals surface area contributed by atoms with E-state index in [0.717, 1.165) is 30.3 Å².